The molecule has 1 aliphatic rings. The van der Waals surface area contributed by atoms with Gasteiger partial charge in [-0.3, -0.25) is 0 Å². The second kappa shape index (κ2) is 3.61. The van der Waals surface area contributed by atoms with E-state index in [1.165, 1.54) is 5.41 Å². The minimum atomic E-state index is -3.29. The summed E-state index contributed by atoms with van der Waals surface area (Å²) in [4.78, 5) is 2.24. The first-order valence-corrected chi connectivity index (χ1v) is 6.46. The molecule has 4 nitrogen and oxygen atoms in total. The van der Waals surface area contributed by atoms with Gasteiger partial charge in [0.1, 0.15) is 0 Å². The van der Waals surface area contributed by atoms with Crippen LogP contribution < -0.4 is 5.73 Å². The van der Waals surface area contributed by atoms with Crippen molar-refractivity contribution in [1.29, 1.82) is 0 Å². The molecule has 0 radical (unpaired) electrons. The Morgan fingerprint density at radius 1 is 1.31 bits per heavy atom. The van der Waals surface area contributed by atoms with Crippen LogP contribution >= 0.6 is 0 Å². The van der Waals surface area contributed by atoms with Crippen molar-refractivity contribution in [2.75, 3.05) is 26.4 Å². The highest BCUT2D eigenvalue weighted by molar-refractivity contribution is 7.95. The fourth-order valence-electron chi connectivity index (χ4n) is 1.90. The number of benzene rings is 1. The molecule has 0 saturated carbocycles. The lowest BCUT2D eigenvalue weighted by Crippen LogP contribution is -2.14. The van der Waals surface area contributed by atoms with Crippen molar-refractivity contribution < 1.29 is 8.42 Å². The van der Waals surface area contributed by atoms with Gasteiger partial charge in [0.25, 0.3) is 0 Å². The number of nitrogens with two attached hydrogens (primary N) is 1. The third-order valence-corrected chi connectivity index (χ3v) is 4.02. The Hall–Kier alpha value is -1.33. The molecule has 0 aromatic heterocycles. The molecule has 2 N–H and O–H groups in total. The average molecular weight is 238 g/mol. The van der Waals surface area contributed by atoms with E-state index in [0.29, 0.717) is 22.7 Å². The molecular weight excluding hydrogens is 224 g/mol. The lowest BCUT2D eigenvalue weighted by Gasteiger charge is -2.12. The van der Waals surface area contributed by atoms with Crippen LogP contribution in [0.25, 0.3) is 5.57 Å². The Kier molecular flexibility index (Phi) is 2.52. The number of sulfone groups is 1. The molecule has 1 aromatic carbocycles. The summed E-state index contributed by atoms with van der Waals surface area (Å²) in [7, 11) is 0.495. The summed E-state index contributed by atoms with van der Waals surface area (Å²) >= 11 is 0. The second-order valence-corrected chi connectivity index (χ2v) is 5.91. The van der Waals surface area contributed by atoms with E-state index in [-0.39, 0.29) is 0 Å². The van der Waals surface area contributed by atoms with Crippen LogP contribution in [0.2, 0.25) is 0 Å². The largest absolute Gasteiger partial charge is 0.398 e. The standard InChI is InChI=1S/C11H14N2O2S/c1-13(2)6-8-7-16(14,15)10-5-3-4-9(12)11(8)10/h3-5,7H,6,12H2,1-2H3. The first kappa shape index (κ1) is 11.2. The van der Waals surface area contributed by atoms with E-state index in [2.05, 4.69) is 0 Å². The van der Waals surface area contributed by atoms with Gasteiger partial charge >= 0.3 is 0 Å². The molecule has 0 atom stereocenters. The van der Waals surface area contributed by atoms with Crippen LogP contribution in [-0.2, 0) is 9.84 Å². The van der Waals surface area contributed by atoms with Gasteiger partial charge in [0.2, 0.25) is 9.84 Å². The maximum absolute atomic E-state index is 11.8. The second-order valence-electron chi connectivity index (χ2n) is 4.15. The molecular formula is C11H14N2O2S. The van der Waals surface area contributed by atoms with E-state index in [1.54, 1.807) is 18.2 Å². The zero-order valence-electron chi connectivity index (χ0n) is 9.27. The summed E-state index contributed by atoms with van der Waals surface area (Å²) in [6.45, 7) is 0.570. The van der Waals surface area contributed by atoms with Gasteiger partial charge in [0, 0.05) is 23.2 Å². The first-order valence-electron chi connectivity index (χ1n) is 4.91. The SMILES string of the molecule is CN(C)CC1=CS(=O)(=O)c2cccc(N)c21. The van der Waals surface area contributed by atoms with Gasteiger partial charge in [-0.05, 0) is 31.8 Å². The van der Waals surface area contributed by atoms with E-state index < -0.39 is 9.84 Å². The predicted octanol–water partition coefficient (Wildman–Crippen LogP) is 0.959. The molecule has 86 valence electrons. The Morgan fingerprint density at radius 3 is 2.62 bits per heavy atom. The van der Waals surface area contributed by atoms with Crippen LogP contribution in [0.3, 0.4) is 0 Å². The van der Waals surface area contributed by atoms with E-state index >= 15 is 0 Å². The van der Waals surface area contributed by atoms with E-state index in [9.17, 15) is 8.42 Å². The summed E-state index contributed by atoms with van der Waals surface area (Å²) in [6.07, 6.45) is 0. The molecule has 1 aliphatic heterocycles. The molecule has 0 unspecified atom stereocenters. The topological polar surface area (TPSA) is 63.4 Å². The molecule has 0 fully saturated rings. The molecule has 1 heterocycles. The zero-order valence-corrected chi connectivity index (χ0v) is 10.1. The van der Waals surface area contributed by atoms with Crippen molar-refractivity contribution in [2.24, 2.45) is 0 Å². The summed E-state index contributed by atoms with van der Waals surface area (Å²) in [5.41, 5.74) is 7.78. The summed E-state index contributed by atoms with van der Waals surface area (Å²) in [5.74, 6) is 0. The number of rotatable bonds is 2. The number of anilines is 1. The smallest absolute Gasteiger partial charge is 0.200 e. The Bertz CT molecular complexity index is 559. The molecule has 0 amide bonds. The zero-order chi connectivity index (χ0) is 11.9. The van der Waals surface area contributed by atoms with Gasteiger partial charge in [0.15, 0.2) is 0 Å². The molecule has 0 saturated heterocycles. The monoisotopic (exact) mass is 238 g/mol. The van der Waals surface area contributed by atoms with Gasteiger partial charge in [-0.15, -0.1) is 0 Å². The Balaban J connectivity index is 2.62. The van der Waals surface area contributed by atoms with Crippen LogP contribution in [0.1, 0.15) is 5.56 Å². The molecule has 16 heavy (non-hydrogen) atoms. The molecule has 5 heteroatoms. The highest BCUT2D eigenvalue weighted by Crippen LogP contribution is 2.37. The van der Waals surface area contributed by atoms with Crippen molar-refractivity contribution >= 4 is 21.1 Å². The number of fused-ring (bicyclic) bond motifs is 1. The van der Waals surface area contributed by atoms with E-state index in [1.807, 2.05) is 19.0 Å². The normalized spacial score (nSPS) is 17.3. The number of hydrogen-bond acceptors (Lipinski definition) is 4. The van der Waals surface area contributed by atoms with Crippen LogP contribution in [0.5, 0.6) is 0 Å². The number of nitrogens with zero attached hydrogens (tertiary/aromatic N) is 1. The molecule has 2 rings (SSSR count). The van der Waals surface area contributed by atoms with Gasteiger partial charge in [-0.1, -0.05) is 6.07 Å². The van der Waals surface area contributed by atoms with Crippen molar-refractivity contribution in [2.45, 2.75) is 4.90 Å². The molecule has 0 bridgehead atoms. The fourth-order valence-corrected chi connectivity index (χ4v) is 3.39. The highest BCUT2D eigenvalue weighted by atomic mass is 32.2. The minimum absolute atomic E-state index is 0.323. The predicted molar refractivity (Wildman–Crippen MR) is 64.6 cm³/mol. The lowest BCUT2D eigenvalue weighted by molar-refractivity contribution is 0.463. The number of likely N-dealkylation sites (N-methyl/N-ethyl adjacent to an activating group) is 1. The van der Waals surface area contributed by atoms with Gasteiger partial charge in [-0.2, -0.15) is 0 Å². The third-order valence-electron chi connectivity index (χ3n) is 2.47. The quantitative estimate of drug-likeness (QED) is 0.779. The minimum Gasteiger partial charge on any atom is -0.398 e. The van der Waals surface area contributed by atoms with Crippen LogP contribution in [0, 0.1) is 0 Å². The fraction of sp³-hybridized carbons (Fsp3) is 0.273. The number of nitrogen functional groups attached to an aromatic ring is 1. The van der Waals surface area contributed by atoms with Gasteiger partial charge < -0.3 is 10.6 Å². The van der Waals surface area contributed by atoms with Crippen LogP contribution in [-0.4, -0.2) is 34.0 Å². The van der Waals surface area contributed by atoms with Crippen LogP contribution in [0.15, 0.2) is 28.5 Å². The molecule has 0 aliphatic carbocycles. The highest BCUT2D eigenvalue weighted by Gasteiger charge is 2.28. The Morgan fingerprint density at radius 2 is 2.00 bits per heavy atom. The maximum atomic E-state index is 11.8. The molecule has 1 aromatic rings. The van der Waals surface area contributed by atoms with Crippen molar-refractivity contribution in [3.63, 3.8) is 0 Å². The summed E-state index contributed by atoms with van der Waals surface area (Å²) < 4.78 is 23.7. The Labute approximate surface area is 95.3 Å². The lowest BCUT2D eigenvalue weighted by atomic mass is 10.1. The summed E-state index contributed by atoms with van der Waals surface area (Å²) in [5, 5.41) is 1.31. The van der Waals surface area contributed by atoms with Crippen molar-refractivity contribution in [3.8, 4) is 0 Å². The van der Waals surface area contributed by atoms with E-state index in [0.717, 1.165) is 5.57 Å². The molecule has 0 spiro atoms. The summed E-state index contributed by atoms with van der Waals surface area (Å²) in [6, 6.07) is 4.99. The first-order chi connectivity index (χ1) is 7.42. The van der Waals surface area contributed by atoms with Crippen molar-refractivity contribution in [3.05, 3.63) is 29.2 Å². The van der Waals surface area contributed by atoms with E-state index in [4.69, 9.17) is 5.73 Å². The van der Waals surface area contributed by atoms with Gasteiger partial charge in [-0.25, -0.2) is 8.42 Å². The van der Waals surface area contributed by atoms with Crippen LogP contribution in [0.4, 0.5) is 5.69 Å². The third kappa shape index (κ3) is 1.72. The van der Waals surface area contributed by atoms with Gasteiger partial charge in [0.05, 0.1) is 4.90 Å². The maximum Gasteiger partial charge on any atom is 0.200 e. The average Bonchev–Trinajstić information content (AvgIpc) is 2.38. The number of hydrogen-bond donors (Lipinski definition) is 1. The van der Waals surface area contributed by atoms with Crippen molar-refractivity contribution in [1.82, 2.24) is 4.90 Å².